The molecule has 0 saturated carbocycles. The van der Waals surface area contributed by atoms with E-state index < -0.39 is 0 Å². The first-order valence-corrected chi connectivity index (χ1v) is 8.54. The van der Waals surface area contributed by atoms with Crippen molar-refractivity contribution in [2.45, 2.75) is 25.8 Å². The van der Waals surface area contributed by atoms with Crippen LogP contribution in [-0.2, 0) is 11.2 Å². The third-order valence-corrected chi connectivity index (χ3v) is 4.18. The van der Waals surface area contributed by atoms with Crippen LogP contribution in [0.25, 0.3) is 11.3 Å². The van der Waals surface area contributed by atoms with Gasteiger partial charge in [0.1, 0.15) is 0 Å². The van der Waals surface area contributed by atoms with Crippen molar-refractivity contribution in [3.05, 3.63) is 77.3 Å². The molecule has 5 heteroatoms. The van der Waals surface area contributed by atoms with Crippen molar-refractivity contribution in [1.29, 1.82) is 0 Å². The Hall–Kier alpha value is -2.59. The summed E-state index contributed by atoms with van der Waals surface area (Å²) in [5.41, 5.74) is 1.99. The minimum absolute atomic E-state index is 0.0399. The number of carbonyl (C=O) groups excluding carboxylic acids is 1. The Balaban J connectivity index is 1.52. The number of oxazole rings is 1. The van der Waals surface area contributed by atoms with Gasteiger partial charge in [0.25, 0.3) is 0 Å². The van der Waals surface area contributed by atoms with E-state index in [1.54, 1.807) is 6.20 Å². The number of nitrogens with zero attached hydrogens (tertiary/aromatic N) is 1. The zero-order chi connectivity index (χ0) is 17.6. The first-order chi connectivity index (χ1) is 12.1. The summed E-state index contributed by atoms with van der Waals surface area (Å²) >= 11 is 5.88. The lowest BCUT2D eigenvalue weighted by Crippen LogP contribution is -2.26. The van der Waals surface area contributed by atoms with E-state index in [4.69, 9.17) is 16.0 Å². The topological polar surface area (TPSA) is 55.1 Å². The molecule has 0 aliphatic heterocycles. The summed E-state index contributed by atoms with van der Waals surface area (Å²) in [6.45, 7) is 1.94. The molecule has 1 aromatic heterocycles. The molecule has 0 aliphatic carbocycles. The van der Waals surface area contributed by atoms with Gasteiger partial charge in [0.2, 0.25) is 5.91 Å². The number of nitrogens with one attached hydrogen (secondary N) is 1. The summed E-state index contributed by atoms with van der Waals surface area (Å²) in [4.78, 5) is 16.4. The number of rotatable bonds is 6. The fraction of sp³-hybridized carbons (Fsp3) is 0.200. The van der Waals surface area contributed by atoms with Crippen LogP contribution in [-0.4, -0.2) is 10.9 Å². The van der Waals surface area contributed by atoms with Gasteiger partial charge in [-0.15, -0.1) is 0 Å². The van der Waals surface area contributed by atoms with E-state index in [-0.39, 0.29) is 11.9 Å². The predicted octanol–water partition coefficient (Wildman–Crippen LogP) is 4.81. The third kappa shape index (κ3) is 4.70. The molecule has 0 radical (unpaired) electrons. The largest absolute Gasteiger partial charge is 0.441 e. The summed E-state index contributed by atoms with van der Waals surface area (Å²) in [5.74, 6) is 1.24. The van der Waals surface area contributed by atoms with E-state index in [2.05, 4.69) is 10.3 Å². The molecule has 1 heterocycles. The molecule has 1 atom stereocenters. The van der Waals surface area contributed by atoms with Gasteiger partial charge in [-0.25, -0.2) is 4.98 Å². The van der Waals surface area contributed by atoms with Crippen LogP contribution in [0.1, 0.15) is 30.8 Å². The molecular weight excluding hydrogens is 336 g/mol. The molecule has 0 unspecified atom stereocenters. The maximum Gasteiger partial charge on any atom is 0.220 e. The van der Waals surface area contributed by atoms with E-state index in [1.165, 1.54) is 0 Å². The lowest BCUT2D eigenvalue weighted by atomic mass is 10.1. The molecule has 0 spiro atoms. The lowest BCUT2D eigenvalue weighted by molar-refractivity contribution is -0.121. The Kier molecular flexibility index (Phi) is 5.51. The van der Waals surface area contributed by atoms with Crippen molar-refractivity contribution >= 4 is 17.5 Å². The fourth-order valence-electron chi connectivity index (χ4n) is 2.53. The summed E-state index contributed by atoms with van der Waals surface area (Å²) < 4.78 is 5.72. The Bertz CT molecular complexity index is 828. The van der Waals surface area contributed by atoms with E-state index in [0.717, 1.165) is 11.1 Å². The predicted molar refractivity (Wildman–Crippen MR) is 98.3 cm³/mol. The highest BCUT2D eigenvalue weighted by molar-refractivity contribution is 6.30. The van der Waals surface area contributed by atoms with Gasteiger partial charge in [-0.3, -0.25) is 4.79 Å². The highest BCUT2D eigenvalue weighted by Crippen LogP contribution is 2.20. The maximum atomic E-state index is 12.1. The normalized spacial score (nSPS) is 11.9. The van der Waals surface area contributed by atoms with Crippen LogP contribution in [0.15, 0.2) is 65.2 Å². The van der Waals surface area contributed by atoms with Gasteiger partial charge in [-0.1, -0.05) is 54.1 Å². The van der Waals surface area contributed by atoms with E-state index in [0.29, 0.717) is 29.5 Å². The molecule has 0 fully saturated rings. The Morgan fingerprint density at radius 2 is 1.88 bits per heavy atom. The molecule has 3 rings (SSSR count). The van der Waals surface area contributed by atoms with Gasteiger partial charge in [0.05, 0.1) is 12.2 Å². The van der Waals surface area contributed by atoms with Crippen LogP contribution >= 0.6 is 11.6 Å². The molecule has 0 bridgehead atoms. The minimum Gasteiger partial charge on any atom is -0.441 e. The van der Waals surface area contributed by atoms with E-state index in [9.17, 15) is 4.79 Å². The second kappa shape index (κ2) is 7.99. The number of halogens is 1. The van der Waals surface area contributed by atoms with Crippen LogP contribution < -0.4 is 5.32 Å². The van der Waals surface area contributed by atoms with Crippen molar-refractivity contribution in [1.82, 2.24) is 10.3 Å². The van der Waals surface area contributed by atoms with Crippen LogP contribution in [0.3, 0.4) is 0 Å². The van der Waals surface area contributed by atoms with Gasteiger partial charge in [-0.2, -0.15) is 0 Å². The summed E-state index contributed by atoms with van der Waals surface area (Å²) in [6, 6.07) is 17.2. The Morgan fingerprint density at radius 3 is 2.60 bits per heavy atom. The molecular formula is C20H19ClN2O2. The molecule has 1 amide bonds. The monoisotopic (exact) mass is 354 g/mol. The smallest absolute Gasteiger partial charge is 0.220 e. The lowest BCUT2D eigenvalue weighted by Gasteiger charge is -2.14. The van der Waals surface area contributed by atoms with Crippen LogP contribution in [0.4, 0.5) is 0 Å². The first-order valence-electron chi connectivity index (χ1n) is 8.17. The fourth-order valence-corrected chi connectivity index (χ4v) is 2.66. The van der Waals surface area contributed by atoms with Crippen molar-refractivity contribution in [2.24, 2.45) is 0 Å². The van der Waals surface area contributed by atoms with Crippen molar-refractivity contribution in [3.8, 4) is 11.3 Å². The molecule has 1 N–H and O–H groups in total. The second-order valence-electron chi connectivity index (χ2n) is 5.83. The van der Waals surface area contributed by atoms with Gasteiger partial charge in [0, 0.05) is 23.4 Å². The maximum absolute atomic E-state index is 12.1. The average molecular weight is 355 g/mol. The number of carbonyl (C=O) groups is 1. The molecule has 3 aromatic rings. The molecule has 4 nitrogen and oxygen atoms in total. The molecule has 0 saturated heterocycles. The number of benzene rings is 2. The highest BCUT2D eigenvalue weighted by Gasteiger charge is 2.12. The van der Waals surface area contributed by atoms with Gasteiger partial charge < -0.3 is 9.73 Å². The molecule has 0 aliphatic rings. The number of hydrogen-bond acceptors (Lipinski definition) is 3. The van der Waals surface area contributed by atoms with Crippen molar-refractivity contribution in [3.63, 3.8) is 0 Å². The van der Waals surface area contributed by atoms with Crippen LogP contribution in [0.5, 0.6) is 0 Å². The number of hydrogen-bond donors (Lipinski definition) is 1. The molecule has 128 valence electrons. The molecule has 25 heavy (non-hydrogen) atoms. The Labute approximate surface area is 151 Å². The van der Waals surface area contributed by atoms with Crippen molar-refractivity contribution in [2.75, 3.05) is 0 Å². The highest BCUT2D eigenvalue weighted by atomic mass is 35.5. The van der Waals surface area contributed by atoms with Crippen LogP contribution in [0.2, 0.25) is 5.02 Å². The quantitative estimate of drug-likeness (QED) is 0.691. The van der Waals surface area contributed by atoms with Gasteiger partial charge in [-0.05, 0) is 24.6 Å². The second-order valence-corrected chi connectivity index (χ2v) is 6.26. The summed E-state index contributed by atoms with van der Waals surface area (Å²) in [6.07, 6.45) is 2.48. The standard InChI is InChI=1S/C20H19ClN2O2/c1-14(15-7-9-17(21)10-8-15)23-19(24)11-12-20-22-13-18(25-20)16-5-3-2-4-6-16/h2-10,13-14H,11-12H2,1H3,(H,23,24)/t14-/m1/s1. The SMILES string of the molecule is C[C@@H](NC(=O)CCc1ncc(-c2ccccc2)o1)c1ccc(Cl)cc1. The summed E-state index contributed by atoms with van der Waals surface area (Å²) in [7, 11) is 0. The van der Waals surface area contributed by atoms with E-state index in [1.807, 2.05) is 61.5 Å². The third-order valence-electron chi connectivity index (χ3n) is 3.93. The number of aryl methyl sites for hydroxylation is 1. The zero-order valence-electron chi connectivity index (χ0n) is 13.9. The number of aromatic nitrogens is 1. The van der Waals surface area contributed by atoms with Crippen molar-refractivity contribution < 1.29 is 9.21 Å². The van der Waals surface area contributed by atoms with Gasteiger partial charge >= 0.3 is 0 Å². The Morgan fingerprint density at radius 1 is 1.16 bits per heavy atom. The van der Waals surface area contributed by atoms with Crippen LogP contribution in [0, 0.1) is 0 Å². The molecule has 2 aromatic carbocycles. The zero-order valence-corrected chi connectivity index (χ0v) is 14.7. The first kappa shape index (κ1) is 17.2. The number of amides is 1. The summed E-state index contributed by atoms with van der Waals surface area (Å²) in [5, 5.41) is 3.65. The van der Waals surface area contributed by atoms with E-state index >= 15 is 0 Å². The van der Waals surface area contributed by atoms with Gasteiger partial charge in [0.15, 0.2) is 11.7 Å². The average Bonchev–Trinajstić information content (AvgIpc) is 3.10. The minimum atomic E-state index is -0.0748.